The van der Waals surface area contributed by atoms with E-state index in [1.54, 1.807) is 30.3 Å². The standard InChI is InChI=1S/C34H50O15SSi/c1-17(2)34(7,8)51(9,10)49-32-25(47-30(40)22-14-12-11-13-15-22)24(39)29(23(46-32)16-42-18(3)35)50-33-28(45-21(6)38)26(43-19(4)36)27(31(41)48-33)44-20(5)37/h11-15,17,23-29,31-33,39,41H,16H2,1-10H3/t23-,24-,25-,26-,27+,28+,29-,31-,32+,33+/m1/s1. The average Bonchev–Trinajstić information content (AvgIpc) is 3.02. The van der Waals surface area contributed by atoms with E-state index in [2.05, 4.69) is 27.7 Å². The van der Waals surface area contributed by atoms with Crippen LogP contribution in [0.1, 0.15) is 65.7 Å². The van der Waals surface area contributed by atoms with Crippen LogP contribution in [-0.2, 0) is 56.8 Å². The van der Waals surface area contributed by atoms with E-state index in [0.717, 1.165) is 32.5 Å². The number of hydrogen-bond donors (Lipinski definition) is 2. The Kier molecular flexibility index (Phi) is 14.6. The molecule has 0 unspecified atom stereocenters. The van der Waals surface area contributed by atoms with E-state index in [0.29, 0.717) is 0 Å². The van der Waals surface area contributed by atoms with Crippen LogP contribution in [0.2, 0.25) is 18.1 Å². The summed E-state index contributed by atoms with van der Waals surface area (Å²) < 4.78 is 46.2. The number of thioether (sulfide) groups is 1. The lowest BCUT2D eigenvalue weighted by Gasteiger charge is -2.50. The van der Waals surface area contributed by atoms with Gasteiger partial charge in [-0.1, -0.05) is 45.9 Å². The highest BCUT2D eigenvalue weighted by Gasteiger charge is 2.57. The zero-order chi connectivity index (χ0) is 38.4. The molecule has 0 amide bonds. The summed E-state index contributed by atoms with van der Waals surface area (Å²) in [6, 6.07) is 8.11. The second-order valence-corrected chi connectivity index (χ2v) is 19.6. The van der Waals surface area contributed by atoms with Gasteiger partial charge in [-0.05, 0) is 36.2 Å². The largest absolute Gasteiger partial charge is 0.463 e. The van der Waals surface area contributed by atoms with Crippen molar-refractivity contribution < 1.29 is 71.8 Å². The third kappa shape index (κ3) is 10.7. The van der Waals surface area contributed by atoms with Crippen LogP contribution in [0, 0.1) is 5.92 Å². The molecule has 0 bridgehead atoms. The molecule has 0 aliphatic carbocycles. The number of rotatable bonds is 13. The van der Waals surface area contributed by atoms with Crippen molar-refractivity contribution in [2.75, 3.05) is 6.61 Å². The molecule has 0 aromatic heterocycles. The Morgan fingerprint density at radius 3 is 1.88 bits per heavy atom. The van der Waals surface area contributed by atoms with Gasteiger partial charge in [-0.2, -0.15) is 0 Å². The molecule has 2 fully saturated rings. The van der Waals surface area contributed by atoms with Crippen molar-refractivity contribution in [3.8, 4) is 0 Å². The van der Waals surface area contributed by atoms with Crippen LogP contribution >= 0.6 is 11.8 Å². The Morgan fingerprint density at radius 2 is 1.35 bits per heavy atom. The predicted octanol–water partition coefficient (Wildman–Crippen LogP) is 3.09. The quantitative estimate of drug-likeness (QED) is 0.169. The van der Waals surface area contributed by atoms with Gasteiger partial charge in [0.05, 0.1) is 10.8 Å². The molecule has 51 heavy (non-hydrogen) atoms. The molecule has 2 saturated heterocycles. The highest BCUT2D eigenvalue weighted by molar-refractivity contribution is 8.00. The van der Waals surface area contributed by atoms with E-state index in [1.165, 1.54) is 6.92 Å². The van der Waals surface area contributed by atoms with E-state index < -0.39 is 105 Å². The molecule has 0 saturated carbocycles. The fourth-order valence-corrected chi connectivity index (χ4v) is 9.49. The van der Waals surface area contributed by atoms with Gasteiger partial charge in [-0.3, -0.25) is 19.2 Å². The second-order valence-electron chi connectivity index (χ2n) is 13.8. The molecule has 3 rings (SSSR count). The summed E-state index contributed by atoms with van der Waals surface area (Å²) >= 11 is 0.779. The number of carbonyl (C=O) groups excluding carboxylic acids is 5. The molecular formula is C34H50O15SSi. The lowest BCUT2D eigenvalue weighted by Crippen LogP contribution is -2.64. The van der Waals surface area contributed by atoms with Crippen LogP contribution in [-0.4, -0.2) is 115 Å². The minimum atomic E-state index is -2.75. The van der Waals surface area contributed by atoms with Crippen LogP contribution in [0.15, 0.2) is 30.3 Å². The molecule has 0 radical (unpaired) electrons. The Morgan fingerprint density at radius 1 is 0.804 bits per heavy atom. The second kappa shape index (κ2) is 17.6. The minimum absolute atomic E-state index is 0.173. The number of carbonyl (C=O) groups is 5. The van der Waals surface area contributed by atoms with Crippen LogP contribution in [0.3, 0.4) is 0 Å². The predicted molar refractivity (Wildman–Crippen MR) is 183 cm³/mol. The van der Waals surface area contributed by atoms with Gasteiger partial charge in [0.1, 0.15) is 24.3 Å². The molecule has 2 N–H and O–H groups in total. The molecule has 2 heterocycles. The summed E-state index contributed by atoms with van der Waals surface area (Å²) in [4.78, 5) is 61.8. The van der Waals surface area contributed by atoms with E-state index in [9.17, 15) is 34.2 Å². The summed E-state index contributed by atoms with van der Waals surface area (Å²) in [6.07, 6.45) is -12.0. The maximum atomic E-state index is 13.4. The van der Waals surface area contributed by atoms with Crippen molar-refractivity contribution >= 4 is 49.9 Å². The van der Waals surface area contributed by atoms with Crippen LogP contribution in [0.5, 0.6) is 0 Å². The van der Waals surface area contributed by atoms with Gasteiger partial charge in [0, 0.05) is 27.7 Å². The SMILES string of the molecule is CC(=O)OC[C@H]1O[C@@H](O[Si](C)(C)C(C)(C)C(C)C)[C@H](OC(=O)c2ccccc2)[C@@H](O)[C@@H]1S[C@@H]1O[C@@H](O)[C@@H](OC(C)=O)[C@@H](OC(C)=O)[C@@H]1OC(C)=O. The average molecular weight is 759 g/mol. The maximum Gasteiger partial charge on any atom is 0.338 e. The van der Waals surface area contributed by atoms with Crippen LogP contribution in [0.4, 0.5) is 0 Å². The molecular weight excluding hydrogens is 709 g/mol. The zero-order valence-electron chi connectivity index (χ0n) is 30.6. The molecule has 2 aliphatic rings. The zero-order valence-corrected chi connectivity index (χ0v) is 32.4. The van der Waals surface area contributed by atoms with Gasteiger partial charge in [0.25, 0.3) is 0 Å². The number of aliphatic hydroxyl groups excluding tert-OH is 2. The Hall–Kier alpha value is -3.06. The van der Waals surface area contributed by atoms with E-state index in [1.807, 2.05) is 13.1 Å². The van der Waals surface area contributed by atoms with Crippen molar-refractivity contribution in [3.05, 3.63) is 35.9 Å². The first-order valence-corrected chi connectivity index (χ1v) is 20.4. The fourth-order valence-electron chi connectivity index (χ4n) is 5.54. The monoisotopic (exact) mass is 758 g/mol. The fraction of sp³-hybridized carbons (Fsp3) is 0.676. The van der Waals surface area contributed by atoms with Gasteiger partial charge >= 0.3 is 29.8 Å². The van der Waals surface area contributed by atoms with Crippen LogP contribution < -0.4 is 0 Å². The van der Waals surface area contributed by atoms with Crippen molar-refractivity contribution in [2.24, 2.45) is 5.92 Å². The van der Waals surface area contributed by atoms with Crippen molar-refractivity contribution in [2.45, 2.75) is 133 Å². The lowest BCUT2D eigenvalue weighted by molar-refractivity contribution is -0.275. The topological polar surface area (TPSA) is 200 Å². The normalized spacial score (nSPS) is 29.8. The first-order valence-electron chi connectivity index (χ1n) is 16.6. The van der Waals surface area contributed by atoms with Gasteiger partial charge in [-0.15, -0.1) is 11.8 Å². The minimum Gasteiger partial charge on any atom is -0.463 e. The molecule has 286 valence electrons. The van der Waals surface area contributed by atoms with E-state index in [4.69, 9.17) is 37.6 Å². The third-order valence-corrected chi connectivity index (χ3v) is 15.4. The van der Waals surface area contributed by atoms with Gasteiger partial charge in [0.2, 0.25) is 0 Å². The highest BCUT2D eigenvalue weighted by atomic mass is 32.2. The Labute approximate surface area is 303 Å². The first-order chi connectivity index (χ1) is 23.7. The Bertz CT molecular complexity index is 1390. The number of esters is 5. The Balaban J connectivity index is 2.10. The molecule has 17 heteroatoms. The summed E-state index contributed by atoms with van der Waals surface area (Å²) in [5.41, 5.74) is -1.21. The van der Waals surface area contributed by atoms with Gasteiger partial charge < -0.3 is 47.8 Å². The van der Waals surface area contributed by atoms with E-state index >= 15 is 0 Å². The molecule has 0 spiro atoms. The van der Waals surface area contributed by atoms with Crippen LogP contribution in [0.25, 0.3) is 0 Å². The molecule has 1 aromatic carbocycles. The number of hydrogen-bond acceptors (Lipinski definition) is 16. The van der Waals surface area contributed by atoms with Gasteiger partial charge in [0.15, 0.2) is 45.3 Å². The number of benzene rings is 1. The molecule has 2 aliphatic heterocycles. The van der Waals surface area contributed by atoms with Crippen molar-refractivity contribution in [3.63, 3.8) is 0 Å². The summed E-state index contributed by atoms with van der Waals surface area (Å²) in [7, 11) is -2.75. The first kappa shape index (κ1) is 42.4. The van der Waals surface area contributed by atoms with Crippen molar-refractivity contribution in [1.29, 1.82) is 0 Å². The molecule has 10 atom stereocenters. The van der Waals surface area contributed by atoms with Crippen molar-refractivity contribution in [1.82, 2.24) is 0 Å². The third-order valence-electron chi connectivity index (χ3n) is 9.39. The maximum absolute atomic E-state index is 13.4. The molecule has 15 nitrogen and oxygen atoms in total. The van der Waals surface area contributed by atoms with Gasteiger partial charge in [-0.25, -0.2) is 4.79 Å². The smallest absolute Gasteiger partial charge is 0.338 e. The number of aliphatic hydroxyl groups is 2. The number of ether oxygens (including phenoxy) is 7. The molecule has 1 aromatic rings. The highest BCUT2D eigenvalue weighted by Crippen LogP contribution is 2.47. The summed E-state index contributed by atoms with van der Waals surface area (Å²) in [6.45, 7) is 16.2. The summed E-state index contributed by atoms with van der Waals surface area (Å²) in [5, 5.41) is 21.6. The summed E-state index contributed by atoms with van der Waals surface area (Å²) in [5.74, 6) is -3.76. The van der Waals surface area contributed by atoms with E-state index in [-0.39, 0.29) is 16.5 Å². The lowest BCUT2D eigenvalue weighted by atomic mass is 9.99.